The largest absolute Gasteiger partial charge is 0.460 e. The average molecular weight is 288 g/mol. The van der Waals surface area contributed by atoms with Crippen molar-refractivity contribution in [1.29, 1.82) is 0 Å². The van der Waals surface area contributed by atoms with E-state index in [0.717, 1.165) is 16.3 Å². The number of aromatic nitrogens is 2. The Morgan fingerprint density at radius 3 is 2.60 bits per heavy atom. The van der Waals surface area contributed by atoms with Gasteiger partial charge in [0, 0.05) is 11.2 Å². The van der Waals surface area contributed by atoms with Crippen LogP contribution in [0.5, 0.6) is 0 Å². The molecular formula is C15H14ClN3O. The number of aryl methyl sites for hydroxylation is 1. The lowest BCUT2D eigenvalue weighted by Crippen LogP contribution is -2.00. The van der Waals surface area contributed by atoms with Crippen molar-refractivity contribution in [2.24, 2.45) is 0 Å². The molecule has 3 rings (SSSR count). The molecule has 20 heavy (non-hydrogen) atoms. The fraction of sp³-hybridized carbons (Fsp3) is 0.133. The SMILES string of the molecule is Cc1ccc(-c2nn(Cc3ccc(Cl)cc3)cc2N)o1. The van der Waals surface area contributed by atoms with E-state index < -0.39 is 0 Å². The van der Waals surface area contributed by atoms with E-state index in [1.165, 1.54) is 0 Å². The number of halogens is 1. The number of nitrogens with zero attached hydrogens (tertiary/aromatic N) is 2. The molecule has 4 nitrogen and oxygen atoms in total. The van der Waals surface area contributed by atoms with Crippen LogP contribution in [0.15, 0.2) is 47.0 Å². The van der Waals surface area contributed by atoms with Crippen LogP contribution in [0.1, 0.15) is 11.3 Å². The van der Waals surface area contributed by atoms with E-state index in [4.69, 9.17) is 21.8 Å². The van der Waals surface area contributed by atoms with Crippen LogP contribution >= 0.6 is 11.6 Å². The van der Waals surface area contributed by atoms with Crippen molar-refractivity contribution in [2.75, 3.05) is 5.73 Å². The molecule has 0 spiro atoms. The molecule has 5 heteroatoms. The molecule has 0 fully saturated rings. The zero-order valence-corrected chi connectivity index (χ0v) is 11.8. The van der Waals surface area contributed by atoms with Crippen LogP contribution in [0.4, 0.5) is 5.69 Å². The number of furan rings is 1. The van der Waals surface area contributed by atoms with Crippen LogP contribution in [-0.4, -0.2) is 9.78 Å². The maximum atomic E-state index is 6.00. The van der Waals surface area contributed by atoms with E-state index in [1.54, 1.807) is 4.68 Å². The van der Waals surface area contributed by atoms with Crippen molar-refractivity contribution in [3.8, 4) is 11.5 Å². The van der Waals surface area contributed by atoms with E-state index in [-0.39, 0.29) is 0 Å². The van der Waals surface area contributed by atoms with Gasteiger partial charge in [0.1, 0.15) is 5.76 Å². The quantitative estimate of drug-likeness (QED) is 0.798. The topological polar surface area (TPSA) is 57.0 Å². The Bertz CT molecular complexity index is 728. The summed E-state index contributed by atoms with van der Waals surface area (Å²) in [5.74, 6) is 1.53. The Kier molecular flexibility index (Phi) is 3.24. The second kappa shape index (κ2) is 5.06. The van der Waals surface area contributed by atoms with Crippen LogP contribution in [0, 0.1) is 6.92 Å². The molecule has 0 unspecified atom stereocenters. The summed E-state index contributed by atoms with van der Waals surface area (Å²) >= 11 is 5.87. The molecule has 2 aromatic heterocycles. The first-order chi connectivity index (χ1) is 9.61. The second-order valence-electron chi connectivity index (χ2n) is 4.67. The van der Waals surface area contributed by atoms with E-state index >= 15 is 0 Å². The lowest BCUT2D eigenvalue weighted by Gasteiger charge is -2.01. The van der Waals surface area contributed by atoms with Gasteiger partial charge in [0.15, 0.2) is 11.5 Å². The Balaban J connectivity index is 1.87. The highest BCUT2D eigenvalue weighted by Gasteiger charge is 2.12. The molecule has 2 N–H and O–H groups in total. The Labute approximate surface area is 121 Å². The molecule has 1 aromatic carbocycles. The van der Waals surface area contributed by atoms with Gasteiger partial charge in [0.05, 0.1) is 12.2 Å². The van der Waals surface area contributed by atoms with Crippen LogP contribution in [0.25, 0.3) is 11.5 Å². The van der Waals surface area contributed by atoms with E-state index in [9.17, 15) is 0 Å². The van der Waals surface area contributed by atoms with Crippen molar-refractivity contribution in [3.05, 3.63) is 58.9 Å². The van der Waals surface area contributed by atoms with Crippen molar-refractivity contribution in [3.63, 3.8) is 0 Å². The predicted molar refractivity (Wildman–Crippen MR) is 79.6 cm³/mol. The first-order valence-electron chi connectivity index (χ1n) is 6.26. The molecule has 0 bridgehead atoms. The zero-order valence-electron chi connectivity index (χ0n) is 11.0. The van der Waals surface area contributed by atoms with Gasteiger partial charge in [-0.3, -0.25) is 4.68 Å². The van der Waals surface area contributed by atoms with Crippen LogP contribution in [-0.2, 0) is 6.54 Å². The minimum absolute atomic E-state index is 0.605. The molecule has 0 aliphatic heterocycles. The first-order valence-corrected chi connectivity index (χ1v) is 6.64. The first kappa shape index (κ1) is 12.8. The molecular weight excluding hydrogens is 274 g/mol. The van der Waals surface area contributed by atoms with Gasteiger partial charge in [-0.25, -0.2) is 0 Å². The van der Waals surface area contributed by atoms with Gasteiger partial charge in [-0.15, -0.1) is 0 Å². The van der Waals surface area contributed by atoms with Gasteiger partial charge >= 0.3 is 0 Å². The summed E-state index contributed by atoms with van der Waals surface area (Å²) in [7, 11) is 0. The Morgan fingerprint density at radius 2 is 1.95 bits per heavy atom. The van der Waals surface area contributed by atoms with Gasteiger partial charge < -0.3 is 10.2 Å². The van der Waals surface area contributed by atoms with Crippen molar-refractivity contribution >= 4 is 17.3 Å². The average Bonchev–Trinajstić information content (AvgIpc) is 2.98. The molecule has 102 valence electrons. The third kappa shape index (κ3) is 2.56. The minimum atomic E-state index is 0.605. The normalized spacial score (nSPS) is 10.9. The summed E-state index contributed by atoms with van der Waals surface area (Å²) in [6, 6.07) is 11.4. The number of benzene rings is 1. The third-order valence-electron chi connectivity index (χ3n) is 3.02. The predicted octanol–water partition coefficient (Wildman–Crippen LogP) is 3.74. The summed E-state index contributed by atoms with van der Waals surface area (Å²) in [6.07, 6.45) is 1.81. The van der Waals surface area contributed by atoms with Crippen molar-refractivity contribution < 1.29 is 4.42 Å². The molecule has 0 saturated carbocycles. The smallest absolute Gasteiger partial charge is 0.156 e. The highest BCUT2D eigenvalue weighted by Crippen LogP contribution is 2.26. The van der Waals surface area contributed by atoms with Gasteiger partial charge in [-0.1, -0.05) is 23.7 Å². The van der Waals surface area contributed by atoms with Gasteiger partial charge in [0.2, 0.25) is 0 Å². The second-order valence-corrected chi connectivity index (χ2v) is 5.10. The summed E-state index contributed by atoms with van der Waals surface area (Å²) in [5, 5.41) is 5.20. The van der Waals surface area contributed by atoms with Crippen molar-refractivity contribution in [2.45, 2.75) is 13.5 Å². The Morgan fingerprint density at radius 1 is 1.20 bits per heavy atom. The monoisotopic (exact) mass is 287 g/mol. The number of hydrogen-bond donors (Lipinski definition) is 1. The molecule has 0 radical (unpaired) electrons. The zero-order chi connectivity index (χ0) is 14.1. The molecule has 0 aliphatic rings. The number of anilines is 1. The Hall–Kier alpha value is -2.20. The van der Waals surface area contributed by atoms with Crippen LogP contribution in [0.3, 0.4) is 0 Å². The lowest BCUT2D eigenvalue weighted by molar-refractivity contribution is 0.544. The number of nitrogen functional groups attached to an aromatic ring is 1. The summed E-state index contributed by atoms with van der Waals surface area (Å²) < 4.78 is 7.35. The molecule has 3 aromatic rings. The summed E-state index contributed by atoms with van der Waals surface area (Å²) in [6.45, 7) is 2.53. The maximum Gasteiger partial charge on any atom is 0.156 e. The maximum absolute atomic E-state index is 6.00. The minimum Gasteiger partial charge on any atom is -0.460 e. The molecule has 2 heterocycles. The number of hydrogen-bond acceptors (Lipinski definition) is 3. The molecule has 0 amide bonds. The van der Waals surface area contributed by atoms with Gasteiger partial charge in [-0.05, 0) is 36.8 Å². The fourth-order valence-electron chi connectivity index (χ4n) is 2.05. The third-order valence-corrected chi connectivity index (χ3v) is 3.27. The van der Waals surface area contributed by atoms with E-state index in [1.807, 2.05) is 49.5 Å². The van der Waals surface area contributed by atoms with Crippen molar-refractivity contribution in [1.82, 2.24) is 9.78 Å². The van der Waals surface area contributed by atoms with Crippen LogP contribution in [0.2, 0.25) is 5.02 Å². The fourth-order valence-corrected chi connectivity index (χ4v) is 2.17. The molecule has 0 aliphatic carbocycles. The number of rotatable bonds is 3. The van der Waals surface area contributed by atoms with Gasteiger partial charge in [0.25, 0.3) is 0 Å². The lowest BCUT2D eigenvalue weighted by atomic mass is 10.2. The molecule has 0 atom stereocenters. The highest BCUT2D eigenvalue weighted by molar-refractivity contribution is 6.30. The number of nitrogens with two attached hydrogens (primary N) is 1. The van der Waals surface area contributed by atoms with E-state index in [2.05, 4.69) is 5.10 Å². The standard InChI is InChI=1S/C15H14ClN3O/c1-10-2-7-14(20-10)15-13(17)9-19(18-15)8-11-3-5-12(16)6-4-11/h2-7,9H,8,17H2,1H3. The summed E-state index contributed by atoms with van der Waals surface area (Å²) in [5.41, 5.74) is 8.38. The van der Waals surface area contributed by atoms with E-state index in [0.29, 0.717) is 23.7 Å². The van der Waals surface area contributed by atoms with Gasteiger partial charge in [-0.2, -0.15) is 5.10 Å². The van der Waals surface area contributed by atoms with Crippen LogP contribution < -0.4 is 5.73 Å². The highest BCUT2D eigenvalue weighted by atomic mass is 35.5. The summed E-state index contributed by atoms with van der Waals surface area (Å²) in [4.78, 5) is 0. The molecule has 0 saturated heterocycles.